The molecule has 150 valence electrons. The van der Waals surface area contributed by atoms with Crippen molar-refractivity contribution in [1.29, 1.82) is 0 Å². The summed E-state index contributed by atoms with van der Waals surface area (Å²) in [5.74, 6) is 1.49. The van der Waals surface area contributed by atoms with E-state index in [-0.39, 0.29) is 0 Å². The average molecular weight is 421 g/mol. The second kappa shape index (κ2) is 8.89. The number of methoxy groups -OCH3 is 1. The summed E-state index contributed by atoms with van der Waals surface area (Å²) in [6, 6.07) is 20.6. The van der Waals surface area contributed by atoms with Crippen LogP contribution in [0.25, 0.3) is 11.1 Å². The summed E-state index contributed by atoms with van der Waals surface area (Å²) in [5.41, 5.74) is 8.39. The molecule has 0 radical (unpaired) electrons. The molecule has 1 nitrogen and oxygen atoms in total. The Bertz CT molecular complexity index is 1030. The van der Waals surface area contributed by atoms with Gasteiger partial charge < -0.3 is 4.74 Å². The van der Waals surface area contributed by atoms with Gasteiger partial charge in [0.05, 0.1) is 7.11 Å². The minimum Gasteiger partial charge on any atom is -0.496 e. The van der Waals surface area contributed by atoms with Crippen molar-refractivity contribution >= 4 is 23.5 Å². The van der Waals surface area contributed by atoms with Crippen molar-refractivity contribution < 1.29 is 4.74 Å². The second-order valence-electron chi connectivity index (χ2n) is 7.73. The first-order valence-electron chi connectivity index (χ1n) is 10.1. The Labute approximate surface area is 183 Å². The largest absolute Gasteiger partial charge is 0.496 e. The zero-order chi connectivity index (χ0) is 20.4. The molecule has 0 N–H and O–H groups in total. The summed E-state index contributed by atoms with van der Waals surface area (Å²) in [6.45, 7) is 2.16. The SMILES string of the molecule is COc1ccc(C)cc1CC1CCc2ccc(SC)cc2-c2cc(SC)ccc21. The Balaban J connectivity index is 1.81. The van der Waals surface area contributed by atoms with Crippen LogP contribution >= 0.6 is 23.5 Å². The normalized spacial score (nSPS) is 15.4. The van der Waals surface area contributed by atoms with Crippen molar-refractivity contribution in [3.63, 3.8) is 0 Å². The standard InChI is InChI=1S/C26H28OS2/c1-17-5-12-26(27-2)20(13-17)14-19-7-6-18-8-9-21(28-3)15-24(18)25-16-22(29-4)10-11-23(19)25/h5,8-13,15-16,19H,6-7,14H2,1-4H3. The van der Waals surface area contributed by atoms with Gasteiger partial charge in [-0.15, -0.1) is 23.5 Å². The van der Waals surface area contributed by atoms with Crippen molar-refractivity contribution in [3.8, 4) is 16.9 Å². The molecule has 1 atom stereocenters. The van der Waals surface area contributed by atoms with Gasteiger partial charge >= 0.3 is 0 Å². The van der Waals surface area contributed by atoms with Crippen LogP contribution in [0.2, 0.25) is 0 Å². The number of hydrogen-bond acceptors (Lipinski definition) is 3. The van der Waals surface area contributed by atoms with Crippen LogP contribution in [-0.4, -0.2) is 19.6 Å². The van der Waals surface area contributed by atoms with Crippen LogP contribution in [-0.2, 0) is 12.8 Å². The van der Waals surface area contributed by atoms with Gasteiger partial charge in [0.25, 0.3) is 0 Å². The molecule has 0 bridgehead atoms. The molecule has 4 rings (SSSR count). The summed E-state index contributed by atoms with van der Waals surface area (Å²) in [5, 5.41) is 0. The zero-order valence-electron chi connectivity index (χ0n) is 17.6. The number of thioether (sulfide) groups is 2. The van der Waals surface area contributed by atoms with E-state index in [1.807, 2.05) is 23.5 Å². The van der Waals surface area contributed by atoms with Crippen LogP contribution in [0.1, 0.15) is 34.6 Å². The first-order valence-corrected chi connectivity index (χ1v) is 12.6. The van der Waals surface area contributed by atoms with Gasteiger partial charge in [-0.2, -0.15) is 0 Å². The van der Waals surface area contributed by atoms with Gasteiger partial charge in [0, 0.05) is 9.79 Å². The molecular weight excluding hydrogens is 392 g/mol. The van der Waals surface area contributed by atoms with E-state index in [1.54, 1.807) is 7.11 Å². The third-order valence-electron chi connectivity index (χ3n) is 5.97. The molecule has 29 heavy (non-hydrogen) atoms. The number of benzene rings is 3. The molecule has 0 fully saturated rings. The van der Waals surface area contributed by atoms with Crippen LogP contribution in [0.15, 0.2) is 64.4 Å². The quantitative estimate of drug-likeness (QED) is 0.398. The predicted octanol–water partition coefficient (Wildman–Crippen LogP) is 7.39. The van der Waals surface area contributed by atoms with Crippen molar-refractivity contribution in [2.45, 2.75) is 41.9 Å². The molecule has 0 heterocycles. The summed E-state index contributed by atoms with van der Waals surface area (Å²) in [7, 11) is 1.78. The molecule has 0 aromatic heterocycles. The maximum absolute atomic E-state index is 5.68. The summed E-state index contributed by atoms with van der Waals surface area (Å²) in [4.78, 5) is 2.67. The minimum absolute atomic E-state index is 0.488. The molecule has 0 amide bonds. The van der Waals surface area contributed by atoms with Crippen LogP contribution in [0.4, 0.5) is 0 Å². The molecular formula is C26H28OS2. The molecule has 0 spiro atoms. The van der Waals surface area contributed by atoms with E-state index < -0.39 is 0 Å². The maximum Gasteiger partial charge on any atom is 0.122 e. The lowest BCUT2D eigenvalue weighted by atomic mass is 9.86. The number of rotatable bonds is 5. The van der Waals surface area contributed by atoms with Gasteiger partial charge in [-0.05, 0) is 103 Å². The highest BCUT2D eigenvalue weighted by Gasteiger charge is 2.24. The molecule has 1 aliphatic rings. The summed E-state index contributed by atoms with van der Waals surface area (Å²) in [6.07, 6.45) is 7.61. The van der Waals surface area contributed by atoms with E-state index in [1.165, 1.54) is 43.2 Å². The van der Waals surface area contributed by atoms with Gasteiger partial charge in [-0.25, -0.2) is 0 Å². The highest BCUT2D eigenvalue weighted by atomic mass is 32.2. The lowest BCUT2D eigenvalue weighted by Crippen LogP contribution is -2.06. The third kappa shape index (κ3) is 4.22. The van der Waals surface area contributed by atoms with Gasteiger partial charge in [-0.1, -0.05) is 29.8 Å². The maximum atomic E-state index is 5.68. The average Bonchev–Trinajstić information content (AvgIpc) is 2.90. The molecule has 0 saturated heterocycles. The molecule has 1 unspecified atom stereocenters. The van der Waals surface area contributed by atoms with Gasteiger partial charge in [-0.3, -0.25) is 0 Å². The van der Waals surface area contributed by atoms with Gasteiger partial charge in [0.15, 0.2) is 0 Å². The number of ether oxygens (including phenoxy) is 1. The molecule has 3 aromatic rings. The van der Waals surface area contributed by atoms with E-state index in [2.05, 4.69) is 74.0 Å². The highest BCUT2D eigenvalue weighted by molar-refractivity contribution is 7.98. The Morgan fingerprint density at radius 2 is 1.62 bits per heavy atom. The molecule has 0 aliphatic heterocycles. The number of fused-ring (bicyclic) bond motifs is 3. The van der Waals surface area contributed by atoms with Crippen molar-refractivity contribution in [3.05, 3.63) is 76.9 Å². The Hall–Kier alpha value is -1.84. The molecule has 3 aromatic carbocycles. The number of aryl methyl sites for hydroxylation is 2. The van der Waals surface area contributed by atoms with E-state index in [9.17, 15) is 0 Å². The summed E-state index contributed by atoms with van der Waals surface area (Å²) >= 11 is 3.64. The van der Waals surface area contributed by atoms with E-state index in [4.69, 9.17) is 4.74 Å². The Morgan fingerprint density at radius 1 is 0.897 bits per heavy atom. The van der Waals surface area contributed by atoms with Gasteiger partial charge in [0.1, 0.15) is 5.75 Å². The predicted molar refractivity (Wildman–Crippen MR) is 128 cm³/mol. The molecule has 1 aliphatic carbocycles. The fourth-order valence-corrected chi connectivity index (χ4v) is 5.31. The smallest absolute Gasteiger partial charge is 0.122 e. The lowest BCUT2D eigenvalue weighted by Gasteiger charge is -2.20. The monoisotopic (exact) mass is 420 g/mol. The fraction of sp³-hybridized carbons (Fsp3) is 0.308. The van der Waals surface area contributed by atoms with E-state index in [0.717, 1.165) is 25.0 Å². The van der Waals surface area contributed by atoms with Crippen molar-refractivity contribution in [1.82, 2.24) is 0 Å². The molecule has 0 saturated carbocycles. The Morgan fingerprint density at radius 3 is 2.34 bits per heavy atom. The first-order chi connectivity index (χ1) is 14.1. The van der Waals surface area contributed by atoms with Crippen LogP contribution < -0.4 is 4.74 Å². The van der Waals surface area contributed by atoms with Crippen LogP contribution in [0.3, 0.4) is 0 Å². The Kier molecular flexibility index (Phi) is 6.26. The molecule has 3 heteroatoms. The van der Waals surface area contributed by atoms with Crippen molar-refractivity contribution in [2.24, 2.45) is 0 Å². The number of hydrogen-bond donors (Lipinski definition) is 0. The van der Waals surface area contributed by atoms with Crippen LogP contribution in [0, 0.1) is 6.92 Å². The van der Waals surface area contributed by atoms with E-state index >= 15 is 0 Å². The minimum atomic E-state index is 0.488. The van der Waals surface area contributed by atoms with Gasteiger partial charge in [0.2, 0.25) is 0 Å². The van der Waals surface area contributed by atoms with E-state index in [0.29, 0.717) is 5.92 Å². The highest BCUT2D eigenvalue weighted by Crippen LogP contribution is 2.43. The third-order valence-corrected chi connectivity index (χ3v) is 7.42. The lowest BCUT2D eigenvalue weighted by molar-refractivity contribution is 0.407. The fourth-order valence-electron chi connectivity index (χ4n) is 4.43. The zero-order valence-corrected chi connectivity index (χ0v) is 19.3. The van der Waals surface area contributed by atoms with Crippen LogP contribution in [0.5, 0.6) is 5.75 Å². The topological polar surface area (TPSA) is 9.23 Å². The summed E-state index contributed by atoms with van der Waals surface area (Å²) < 4.78 is 5.68. The second-order valence-corrected chi connectivity index (χ2v) is 9.49. The van der Waals surface area contributed by atoms with Crippen molar-refractivity contribution in [2.75, 3.05) is 19.6 Å². The first kappa shape index (κ1) is 20.4.